The van der Waals surface area contributed by atoms with Crippen LogP contribution in [0.5, 0.6) is 0 Å². The molecule has 3 heterocycles. The van der Waals surface area contributed by atoms with E-state index in [0.717, 1.165) is 0 Å². The fraction of sp³-hybridized carbons (Fsp3) is 0.581. The van der Waals surface area contributed by atoms with Crippen molar-refractivity contribution < 1.29 is 29.0 Å². The predicted molar refractivity (Wildman–Crippen MR) is 147 cm³/mol. The van der Waals surface area contributed by atoms with Gasteiger partial charge >= 0.3 is 5.97 Å². The maximum absolute atomic E-state index is 14.6. The number of fused-ring (bicyclic) bond motifs is 1. The minimum Gasteiger partial charge on any atom is -0.465 e. The van der Waals surface area contributed by atoms with Gasteiger partial charge in [0.1, 0.15) is 17.6 Å². The molecule has 8 nitrogen and oxygen atoms in total. The molecule has 0 aliphatic carbocycles. The Morgan fingerprint density at radius 1 is 1.26 bits per heavy atom. The molecule has 3 aliphatic heterocycles. The Balaban J connectivity index is 1.89. The van der Waals surface area contributed by atoms with E-state index in [1.807, 2.05) is 65.0 Å². The highest BCUT2D eigenvalue weighted by atomic mass is 16.6. The molecule has 3 unspecified atom stereocenters. The molecule has 0 saturated carbocycles. The second-order valence-corrected chi connectivity index (χ2v) is 12.2. The number of likely N-dealkylation sites (tertiary alicyclic amines) is 1. The third kappa shape index (κ3) is 4.51. The molecular formula is C31H42N2O6. The first-order chi connectivity index (χ1) is 18.4. The van der Waals surface area contributed by atoms with Gasteiger partial charge in [-0.05, 0) is 52.0 Å². The lowest BCUT2D eigenvalue weighted by atomic mass is 9.62. The van der Waals surface area contributed by atoms with Crippen molar-refractivity contribution in [3.63, 3.8) is 0 Å². The van der Waals surface area contributed by atoms with Crippen molar-refractivity contribution in [2.24, 2.45) is 17.8 Å². The molecule has 3 aliphatic rings. The molecule has 1 spiro atoms. The summed E-state index contributed by atoms with van der Waals surface area (Å²) in [6, 6.07) is 7.35. The molecule has 1 aromatic rings. The first-order valence-electron chi connectivity index (χ1n) is 13.8. The van der Waals surface area contributed by atoms with Gasteiger partial charge in [-0.3, -0.25) is 14.4 Å². The number of amides is 2. The zero-order valence-electron chi connectivity index (χ0n) is 23.8. The molecule has 1 aromatic carbocycles. The molecular weight excluding hydrogens is 496 g/mol. The summed E-state index contributed by atoms with van der Waals surface area (Å²) in [5, 5.41) is 10.6. The summed E-state index contributed by atoms with van der Waals surface area (Å²) in [7, 11) is 0. The number of aliphatic hydroxyl groups excluding tert-OH is 1. The Kier molecular flexibility index (Phi) is 7.85. The van der Waals surface area contributed by atoms with Crippen LogP contribution in [0.25, 0.3) is 0 Å². The van der Waals surface area contributed by atoms with Crippen LogP contribution in [0.4, 0.5) is 0 Å². The smallest absolute Gasteiger partial charge is 0.312 e. The van der Waals surface area contributed by atoms with E-state index in [-0.39, 0.29) is 37.5 Å². The van der Waals surface area contributed by atoms with Crippen molar-refractivity contribution in [3.05, 3.63) is 61.2 Å². The van der Waals surface area contributed by atoms with E-state index in [1.54, 1.807) is 17.1 Å². The minimum absolute atomic E-state index is 0.111. The summed E-state index contributed by atoms with van der Waals surface area (Å²) < 4.78 is 12.4. The highest BCUT2D eigenvalue weighted by Gasteiger charge is 2.81. The van der Waals surface area contributed by atoms with Gasteiger partial charge in [-0.1, -0.05) is 49.4 Å². The highest BCUT2D eigenvalue weighted by molar-refractivity contribution is 5.99. The number of benzene rings is 1. The maximum atomic E-state index is 14.6. The number of hydrogen-bond donors (Lipinski definition) is 1. The Labute approximate surface area is 231 Å². The number of esters is 1. The lowest BCUT2D eigenvalue weighted by molar-refractivity contribution is -0.164. The second-order valence-electron chi connectivity index (χ2n) is 12.2. The van der Waals surface area contributed by atoms with E-state index in [0.29, 0.717) is 18.4 Å². The Morgan fingerprint density at radius 2 is 1.92 bits per heavy atom. The van der Waals surface area contributed by atoms with Crippen molar-refractivity contribution in [1.82, 2.24) is 9.80 Å². The van der Waals surface area contributed by atoms with Gasteiger partial charge in [-0.25, -0.2) is 0 Å². The molecule has 3 saturated heterocycles. The van der Waals surface area contributed by atoms with E-state index >= 15 is 0 Å². The quantitative estimate of drug-likeness (QED) is 0.278. The summed E-state index contributed by atoms with van der Waals surface area (Å²) in [5.41, 5.74) is -2.09. The van der Waals surface area contributed by atoms with Crippen LogP contribution in [0.1, 0.15) is 59.1 Å². The highest BCUT2D eigenvalue weighted by Crippen LogP contribution is 2.66. The number of hydrogen-bond acceptors (Lipinski definition) is 6. The first kappa shape index (κ1) is 29.0. The molecule has 8 heteroatoms. The molecule has 0 radical (unpaired) electrons. The van der Waals surface area contributed by atoms with E-state index in [9.17, 15) is 19.5 Å². The van der Waals surface area contributed by atoms with Gasteiger partial charge in [0.05, 0.1) is 30.8 Å². The summed E-state index contributed by atoms with van der Waals surface area (Å²) in [6.07, 6.45) is 4.25. The molecule has 7 atom stereocenters. The third-order valence-corrected chi connectivity index (χ3v) is 8.89. The minimum atomic E-state index is -1.24. The average Bonchev–Trinajstić information content (AvgIpc) is 3.40. The first-order valence-corrected chi connectivity index (χ1v) is 13.8. The molecule has 212 valence electrons. The number of rotatable bonds is 10. The number of ether oxygens (including phenoxy) is 2. The lowest BCUT2D eigenvalue weighted by Gasteiger charge is -2.43. The van der Waals surface area contributed by atoms with Crippen LogP contribution in [-0.4, -0.2) is 75.2 Å². The van der Waals surface area contributed by atoms with Gasteiger partial charge in [-0.15, -0.1) is 13.2 Å². The van der Waals surface area contributed by atoms with Crippen molar-refractivity contribution in [2.45, 2.75) is 76.3 Å². The van der Waals surface area contributed by atoms with Crippen LogP contribution in [0.3, 0.4) is 0 Å². The SMILES string of the molecule is C=CCCOC(=O)[C@H]1[C@H]2C(=O)N([C@H](CO)c3ccccc3)C(C(=O)N(CC=C)C(C)(C)C)C23CC(C)[C@]1(C)O3. The number of carbonyl (C=O) groups is 3. The normalized spacial score (nSPS) is 32.1. The van der Waals surface area contributed by atoms with Gasteiger partial charge < -0.3 is 24.4 Å². The van der Waals surface area contributed by atoms with Gasteiger partial charge in [-0.2, -0.15) is 0 Å². The van der Waals surface area contributed by atoms with Crippen LogP contribution >= 0.6 is 0 Å². The summed E-state index contributed by atoms with van der Waals surface area (Å²) >= 11 is 0. The van der Waals surface area contributed by atoms with Gasteiger partial charge in [0, 0.05) is 12.1 Å². The molecule has 2 bridgehead atoms. The topological polar surface area (TPSA) is 96.4 Å². The van der Waals surface area contributed by atoms with Crippen molar-refractivity contribution >= 4 is 17.8 Å². The molecule has 39 heavy (non-hydrogen) atoms. The average molecular weight is 539 g/mol. The van der Waals surface area contributed by atoms with Crippen molar-refractivity contribution in [2.75, 3.05) is 19.8 Å². The Morgan fingerprint density at radius 3 is 2.49 bits per heavy atom. The van der Waals surface area contributed by atoms with Crippen molar-refractivity contribution in [3.8, 4) is 0 Å². The predicted octanol–water partition coefficient (Wildman–Crippen LogP) is 3.66. The molecule has 3 fully saturated rings. The molecule has 0 aromatic heterocycles. The third-order valence-electron chi connectivity index (χ3n) is 8.89. The zero-order valence-corrected chi connectivity index (χ0v) is 23.8. The maximum Gasteiger partial charge on any atom is 0.312 e. The van der Waals surface area contributed by atoms with Gasteiger partial charge in [0.2, 0.25) is 11.8 Å². The Bertz CT molecular complexity index is 1130. The number of nitrogens with zero attached hydrogens (tertiary/aromatic N) is 2. The number of carbonyl (C=O) groups excluding carboxylic acids is 3. The van der Waals surface area contributed by atoms with E-state index in [2.05, 4.69) is 13.2 Å². The zero-order chi connectivity index (χ0) is 28.8. The molecule has 2 amide bonds. The monoisotopic (exact) mass is 538 g/mol. The fourth-order valence-electron chi connectivity index (χ4n) is 6.98. The number of aliphatic hydroxyl groups is 1. The molecule has 4 rings (SSSR count). The van der Waals surface area contributed by atoms with Crippen LogP contribution in [-0.2, 0) is 23.9 Å². The largest absolute Gasteiger partial charge is 0.465 e. The summed E-state index contributed by atoms with van der Waals surface area (Å²) in [6.45, 7) is 17.2. The standard InChI is InChI=1S/C31H42N2O6/c1-8-10-17-38-28(37)24-23-26(35)33(22(19-34)21-14-12-11-13-15-21)25(27(36)32(16-9-2)29(4,5)6)31(23)18-20(3)30(24,7)39-31/h8-9,11-15,20,22-25,34H,1-2,10,16-19H2,3-7H3/t20?,22-,23+,24-,25?,30+,31?/m1/s1. The van der Waals surface area contributed by atoms with Gasteiger partial charge in [0.25, 0.3) is 0 Å². The van der Waals surface area contributed by atoms with E-state index in [4.69, 9.17) is 9.47 Å². The molecule has 1 N–H and O–H groups in total. The van der Waals surface area contributed by atoms with E-state index < -0.39 is 46.6 Å². The van der Waals surface area contributed by atoms with Crippen molar-refractivity contribution in [1.29, 1.82) is 0 Å². The Hall–Kier alpha value is -2.97. The van der Waals surface area contributed by atoms with Crippen LogP contribution in [0.2, 0.25) is 0 Å². The lowest BCUT2D eigenvalue weighted by Crippen LogP contribution is -2.60. The van der Waals surface area contributed by atoms with Crippen LogP contribution in [0.15, 0.2) is 55.6 Å². The summed E-state index contributed by atoms with van der Waals surface area (Å²) in [4.78, 5) is 45.9. The summed E-state index contributed by atoms with van der Waals surface area (Å²) in [5.74, 6) is -3.06. The van der Waals surface area contributed by atoms with Crippen LogP contribution < -0.4 is 0 Å². The van der Waals surface area contributed by atoms with Crippen LogP contribution in [0, 0.1) is 17.8 Å². The fourth-order valence-corrected chi connectivity index (χ4v) is 6.98. The second kappa shape index (κ2) is 10.5. The van der Waals surface area contributed by atoms with E-state index in [1.165, 1.54) is 4.90 Å². The van der Waals surface area contributed by atoms with Gasteiger partial charge in [0.15, 0.2) is 0 Å².